The summed E-state index contributed by atoms with van der Waals surface area (Å²) in [7, 11) is 0. The average Bonchev–Trinajstić information content (AvgIpc) is 2.48. The van der Waals surface area contributed by atoms with E-state index in [1.54, 1.807) is 17.8 Å². The van der Waals surface area contributed by atoms with Gasteiger partial charge in [0.1, 0.15) is 5.82 Å². The summed E-state index contributed by atoms with van der Waals surface area (Å²) in [6.45, 7) is 0. The Labute approximate surface area is 128 Å². The third-order valence-electron chi connectivity index (χ3n) is 4.51. The zero-order chi connectivity index (χ0) is 14.9. The van der Waals surface area contributed by atoms with Crippen molar-refractivity contribution in [2.24, 2.45) is 5.73 Å². The van der Waals surface area contributed by atoms with Gasteiger partial charge in [-0.2, -0.15) is 0 Å². The van der Waals surface area contributed by atoms with Crippen LogP contribution in [0.1, 0.15) is 50.1 Å². The highest BCUT2D eigenvalue weighted by Gasteiger charge is 2.37. The number of amides is 1. The number of rotatable bonds is 2. The van der Waals surface area contributed by atoms with Crippen LogP contribution >= 0.6 is 11.8 Å². The third kappa shape index (κ3) is 3.09. The van der Waals surface area contributed by atoms with Crippen molar-refractivity contribution in [3.8, 4) is 0 Å². The quantitative estimate of drug-likeness (QED) is 0.882. The number of halogens is 1. The maximum Gasteiger partial charge on any atom is 0.240 e. The Morgan fingerprint density at radius 2 is 2.10 bits per heavy atom. The van der Waals surface area contributed by atoms with Crippen molar-refractivity contribution < 1.29 is 9.18 Å². The molecule has 2 aliphatic rings. The Morgan fingerprint density at radius 1 is 1.33 bits per heavy atom. The molecular weight excluding hydrogens is 287 g/mol. The molecule has 3 nitrogen and oxygen atoms in total. The molecule has 3 N–H and O–H groups in total. The maximum absolute atomic E-state index is 13.5. The van der Waals surface area contributed by atoms with Crippen molar-refractivity contribution >= 4 is 17.7 Å². The molecule has 0 radical (unpaired) electrons. The number of nitrogens with one attached hydrogen (secondary N) is 1. The van der Waals surface area contributed by atoms with E-state index in [-0.39, 0.29) is 17.8 Å². The van der Waals surface area contributed by atoms with E-state index in [2.05, 4.69) is 5.32 Å². The highest BCUT2D eigenvalue weighted by Crippen LogP contribution is 2.37. The first-order valence-corrected chi connectivity index (χ1v) is 8.59. The highest BCUT2D eigenvalue weighted by atomic mass is 32.2. The Balaban J connectivity index is 1.77. The van der Waals surface area contributed by atoms with Crippen LogP contribution in [-0.2, 0) is 4.79 Å². The van der Waals surface area contributed by atoms with Crippen LogP contribution in [0, 0.1) is 5.82 Å². The summed E-state index contributed by atoms with van der Waals surface area (Å²) >= 11 is 1.71. The summed E-state index contributed by atoms with van der Waals surface area (Å²) in [4.78, 5) is 13.6. The summed E-state index contributed by atoms with van der Waals surface area (Å²) in [6, 6.07) is 4.69. The minimum atomic E-state index is -0.740. The maximum atomic E-state index is 13.5. The SMILES string of the molecule is NC1(C(=O)NC2CCSc3ccc(F)cc32)CCCCC1. The van der Waals surface area contributed by atoms with Gasteiger partial charge in [-0.1, -0.05) is 19.3 Å². The van der Waals surface area contributed by atoms with Gasteiger partial charge in [-0.3, -0.25) is 4.79 Å². The van der Waals surface area contributed by atoms with Gasteiger partial charge in [0.15, 0.2) is 0 Å². The molecule has 1 fully saturated rings. The monoisotopic (exact) mass is 308 g/mol. The van der Waals surface area contributed by atoms with Crippen molar-refractivity contribution in [3.05, 3.63) is 29.6 Å². The molecule has 0 bridgehead atoms. The fourth-order valence-corrected chi connectivity index (χ4v) is 4.33. The number of hydrogen-bond acceptors (Lipinski definition) is 3. The molecule has 1 aliphatic heterocycles. The van der Waals surface area contributed by atoms with Gasteiger partial charge in [-0.25, -0.2) is 4.39 Å². The lowest BCUT2D eigenvalue weighted by Crippen LogP contribution is -2.55. The summed E-state index contributed by atoms with van der Waals surface area (Å²) < 4.78 is 13.5. The molecule has 1 aromatic carbocycles. The van der Waals surface area contributed by atoms with Crippen LogP contribution in [0.4, 0.5) is 4.39 Å². The highest BCUT2D eigenvalue weighted by molar-refractivity contribution is 7.99. The summed E-state index contributed by atoms with van der Waals surface area (Å²) in [5.41, 5.74) is 6.43. The molecule has 1 heterocycles. The van der Waals surface area contributed by atoms with Crippen molar-refractivity contribution in [3.63, 3.8) is 0 Å². The zero-order valence-electron chi connectivity index (χ0n) is 12.0. The van der Waals surface area contributed by atoms with Gasteiger partial charge in [0.05, 0.1) is 11.6 Å². The Hall–Kier alpha value is -1.07. The van der Waals surface area contributed by atoms with Crippen molar-refractivity contribution in [1.82, 2.24) is 5.32 Å². The van der Waals surface area contributed by atoms with Gasteiger partial charge in [0.25, 0.3) is 0 Å². The molecule has 5 heteroatoms. The van der Waals surface area contributed by atoms with Gasteiger partial charge in [-0.05, 0) is 43.0 Å². The van der Waals surface area contributed by atoms with Crippen LogP contribution in [0.3, 0.4) is 0 Å². The van der Waals surface area contributed by atoms with Crippen LogP contribution in [0.15, 0.2) is 23.1 Å². The van der Waals surface area contributed by atoms with Gasteiger partial charge in [-0.15, -0.1) is 11.8 Å². The number of fused-ring (bicyclic) bond motifs is 1. The van der Waals surface area contributed by atoms with E-state index in [1.807, 2.05) is 0 Å². The number of hydrogen-bond donors (Lipinski definition) is 2. The number of benzene rings is 1. The van der Waals surface area contributed by atoms with Crippen LogP contribution < -0.4 is 11.1 Å². The van der Waals surface area contributed by atoms with E-state index >= 15 is 0 Å². The zero-order valence-corrected chi connectivity index (χ0v) is 12.8. The number of thioether (sulfide) groups is 1. The van der Waals surface area contributed by atoms with Crippen molar-refractivity contribution in [2.45, 2.75) is 55.0 Å². The van der Waals surface area contributed by atoms with Gasteiger partial charge in [0, 0.05) is 10.6 Å². The van der Waals surface area contributed by atoms with E-state index in [0.717, 1.165) is 54.7 Å². The molecule has 1 saturated carbocycles. The van der Waals surface area contributed by atoms with Crippen molar-refractivity contribution in [1.29, 1.82) is 0 Å². The number of carbonyl (C=O) groups is 1. The first kappa shape index (κ1) is 14.9. The lowest BCUT2D eigenvalue weighted by atomic mass is 9.81. The second kappa shape index (κ2) is 5.97. The number of nitrogens with two attached hydrogens (primary N) is 1. The molecule has 3 rings (SSSR count). The van der Waals surface area contributed by atoms with Gasteiger partial charge in [0.2, 0.25) is 5.91 Å². The van der Waals surface area contributed by atoms with E-state index in [4.69, 9.17) is 5.73 Å². The largest absolute Gasteiger partial charge is 0.348 e. The van der Waals surface area contributed by atoms with E-state index in [9.17, 15) is 9.18 Å². The molecule has 0 spiro atoms. The Bertz CT molecular complexity index is 543. The second-order valence-electron chi connectivity index (χ2n) is 6.06. The molecule has 1 aliphatic carbocycles. The second-order valence-corrected chi connectivity index (χ2v) is 7.20. The summed E-state index contributed by atoms with van der Waals surface area (Å²) in [6.07, 6.45) is 5.49. The van der Waals surface area contributed by atoms with E-state index in [1.165, 1.54) is 12.1 Å². The van der Waals surface area contributed by atoms with Crippen LogP contribution in [0.2, 0.25) is 0 Å². The lowest BCUT2D eigenvalue weighted by molar-refractivity contribution is -0.128. The fraction of sp³-hybridized carbons (Fsp3) is 0.562. The average molecular weight is 308 g/mol. The Morgan fingerprint density at radius 3 is 2.86 bits per heavy atom. The normalized spacial score (nSPS) is 24.2. The summed E-state index contributed by atoms with van der Waals surface area (Å²) in [5, 5.41) is 3.07. The topological polar surface area (TPSA) is 55.1 Å². The van der Waals surface area contributed by atoms with Crippen molar-refractivity contribution in [2.75, 3.05) is 5.75 Å². The smallest absolute Gasteiger partial charge is 0.240 e. The Kier molecular flexibility index (Phi) is 4.22. The van der Waals surface area contributed by atoms with E-state index < -0.39 is 5.54 Å². The van der Waals surface area contributed by atoms with Crippen LogP contribution in [0.25, 0.3) is 0 Å². The fourth-order valence-electron chi connectivity index (χ4n) is 3.23. The van der Waals surface area contributed by atoms with Crippen LogP contribution in [-0.4, -0.2) is 17.2 Å². The first-order valence-electron chi connectivity index (χ1n) is 7.61. The minimum absolute atomic E-state index is 0.0747. The minimum Gasteiger partial charge on any atom is -0.348 e. The molecule has 0 aromatic heterocycles. The lowest BCUT2D eigenvalue weighted by Gasteiger charge is -2.35. The van der Waals surface area contributed by atoms with Gasteiger partial charge < -0.3 is 11.1 Å². The first-order chi connectivity index (χ1) is 10.1. The molecule has 1 amide bonds. The molecule has 114 valence electrons. The number of carbonyl (C=O) groups excluding carboxylic acids is 1. The molecule has 1 aromatic rings. The molecule has 1 atom stereocenters. The molecule has 21 heavy (non-hydrogen) atoms. The van der Waals surface area contributed by atoms with Gasteiger partial charge >= 0.3 is 0 Å². The van der Waals surface area contributed by atoms with E-state index in [0.29, 0.717) is 0 Å². The standard InChI is InChI=1S/C16H21FN2OS/c17-11-4-5-14-12(10-11)13(6-9-21-14)19-15(20)16(18)7-2-1-3-8-16/h4-5,10,13H,1-3,6-9,18H2,(H,19,20). The predicted molar refractivity (Wildman–Crippen MR) is 82.6 cm³/mol. The molecular formula is C16H21FN2OS. The summed E-state index contributed by atoms with van der Waals surface area (Å²) in [5.74, 6) is 0.603. The van der Waals surface area contributed by atoms with Crippen LogP contribution in [0.5, 0.6) is 0 Å². The molecule has 0 saturated heterocycles. The predicted octanol–water partition coefficient (Wildman–Crippen LogP) is 3.14. The third-order valence-corrected chi connectivity index (χ3v) is 5.64. The molecule has 1 unspecified atom stereocenters.